The Morgan fingerprint density at radius 3 is 1.70 bits per heavy atom. The largest absolute Gasteiger partial charge is 0.511 e. The molecule has 0 aromatic rings. The Balaban J connectivity index is 4.06. The quantitative estimate of drug-likeness (QED) is 0.551. The van der Waals surface area contributed by atoms with Gasteiger partial charge in [-0.2, -0.15) is 0 Å². The molecule has 0 radical (unpaired) electrons. The van der Waals surface area contributed by atoms with E-state index in [2.05, 4.69) is 26.1 Å². The molecule has 0 aliphatic rings. The highest BCUT2D eigenvalue weighted by Crippen LogP contribution is 2.04. The van der Waals surface area contributed by atoms with Crippen LogP contribution in [0, 0.1) is 0 Å². The van der Waals surface area contributed by atoms with Gasteiger partial charge in [0.15, 0.2) is 0 Å². The van der Waals surface area contributed by atoms with Crippen LogP contribution in [-0.4, -0.2) is 10.6 Å². The van der Waals surface area contributed by atoms with Crippen molar-refractivity contribution in [2.45, 2.75) is 40.2 Å². The molecule has 0 aromatic heterocycles. The van der Waals surface area contributed by atoms with E-state index in [0.29, 0.717) is 5.76 Å². The van der Waals surface area contributed by atoms with Gasteiger partial charge in [-0.1, -0.05) is 0 Å². The minimum atomic E-state index is 0.0358. The minimum Gasteiger partial charge on any atom is -0.511 e. The molecule has 0 heterocycles. The van der Waals surface area contributed by atoms with E-state index in [4.69, 9.17) is 5.11 Å². The molecule has 2 heteroatoms. The zero-order chi connectivity index (χ0) is 8.36. The number of allylic oxidation sites excluding steroid dienone is 2. The molecule has 0 aliphatic carbocycles. The van der Waals surface area contributed by atoms with Crippen LogP contribution in [0.5, 0.6) is 0 Å². The lowest BCUT2D eigenvalue weighted by atomic mass is 10.1. The Morgan fingerprint density at radius 2 is 1.60 bits per heavy atom. The van der Waals surface area contributed by atoms with Crippen LogP contribution in [0.4, 0.5) is 0 Å². The van der Waals surface area contributed by atoms with Gasteiger partial charge in [0.05, 0.1) is 0 Å². The van der Waals surface area contributed by atoms with Crippen LogP contribution in [0.3, 0.4) is 0 Å². The van der Waals surface area contributed by atoms with Crippen molar-refractivity contribution < 1.29 is 5.11 Å². The molecule has 0 bridgehead atoms. The third-order valence-electron chi connectivity index (χ3n) is 1.11. The summed E-state index contributed by atoms with van der Waals surface area (Å²) in [5.74, 6) is 0.356. The Kier molecular flexibility index (Phi) is 2.76. The fraction of sp³-hybridized carbons (Fsp3) is 0.750. The van der Waals surface area contributed by atoms with Gasteiger partial charge in [0.1, 0.15) is 5.76 Å². The van der Waals surface area contributed by atoms with E-state index in [-0.39, 0.29) is 5.54 Å². The molecule has 2 nitrogen and oxygen atoms in total. The van der Waals surface area contributed by atoms with Crippen molar-refractivity contribution >= 4 is 0 Å². The summed E-state index contributed by atoms with van der Waals surface area (Å²) in [5.41, 5.74) is 0.876. The predicted molar refractivity (Wildman–Crippen MR) is 43.9 cm³/mol. The van der Waals surface area contributed by atoms with Crippen LogP contribution in [-0.2, 0) is 0 Å². The van der Waals surface area contributed by atoms with E-state index in [1.807, 2.05) is 6.92 Å². The fourth-order valence-corrected chi connectivity index (χ4v) is 0.653. The average Bonchev–Trinajstić information content (AvgIpc) is 1.60. The molecule has 10 heavy (non-hydrogen) atoms. The predicted octanol–water partition coefficient (Wildman–Crippen LogP) is 2.18. The molecule has 0 saturated carbocycles. The summed E-state index contributed by atoms with van der Waals surface area (Å²) in [6.45, 7) is 9.70. The van der Waals surface area contributed by atoms with E-state index < -0.39 is 0 Å². The summed E-state index contributed by atoms with van der Waals surface area (Å²) in [5, 5.41) is 12.1. The molecule has 0 unspecified atom stereocenters. The zero-order valence-corrected chi connectivity index (χ0v) is 7.45. The van der Waals surface area contributed by atoms with Gasteiger partial charge in [0, 0.05) is 11.2 Å². The molecular weight excluding hydrogens is 126 g/mol. The van der Waals surface area contributed by atoms with Gasteiger partial charge in [-0.3, -0.25) is 0 Å². The summed E-state index contributed by atoms with van der Waals surface area (Å²) < 4.78 is 0. The van der Waals surface area contributed by atoms with Gasteiger partial charge in [-0.25, -0.2) is 0 Å². The van der Waals surface area contributed by atoms with Crippen LogP contribution in [0.15, 0.2) is 11.5 Å². The highest BCUT2D eigenvalue weighted by Gasteiger charge is 2.09. The highest BCUT2D eigenvalue weighted by molar-refractivity contribution is 5.02. The zero-order valence-electron chi connectivity index (χ0n) is 7.45. The van der Waals surface area contributed by atoms with Crippen molar-refractivity contribution in [3.05, 3.63) is 11.5 Å². The second-order valence-corrected chi connectivity index (χ2v) is 3.59. The first kappa shape index (κ1) is 9.34. The topological polar surface area (TPSA) is 32.3 Å². The molecule has 60 valence electrons. The third kappa shape index (κ3) is 4.24. The second-order valence-electron chi connectivity index (χ2n) is 3.59. The average molecular weight is 143 g/mol. The number of rotatable bonds is 1. The lowest BCUT2D eigenvalue weighted by molar-refractivity contribution is 0.383. The van der Waals surface area contributed by atoms with Crippen molar-refractivity contribution in [2.24, 2.45) is 0 Å². The summed E-state index contributed by atoms with van der Waals surface area (Å²) in [4.78, 5) is 0. The summed E-state index contributed by atoms with van der Waals surface area (Å²) in [6, 6.07) is 0. The number of hydrogen-bond acceptors (Lipinski definition) is 2. The first-order valence-electron chi connectivity index (χ1n) is 3.47. The van der Waals surface area contributed by atoms with E-state index in [1.54, 1.807) is 6.92 Å². The highest BCUT2D eigenvalue weighted by atomic mass is 16.3. The molecular formula is C8H17NO. The van der Waals surface area contributed by atoms with Gasteiger partial charge in [-0.15, -0.1) is 0 Å². The van der Waals surface area contributed by atoms with E-state index >= 15 is 0 Å². The molecule has 0 atom stereocenters. The molecule has 2 N–H and O–H groups in total. The van der Waals surface area contributed by atoms with Crippen LogP contribution >= 0.6 is 0 Å². The fourth-order valence-electron chi connectivity index (χ4n) is 0.653. The van der Waals surface area contributed by atoms with E-state index in [1.165, 1.54) is 0 Å². The van der Waals surface area contributed by atoms with E-state index in [0.717, 1.165) is 5.70 Å². The second kappa shape index (κ2) is 2.95. The molecule has 0 saturated heterocycles. The maximum Gasteiger partial charge on any atom is 0.108 e. The summed E-state index contributed by atoms with van der Waals surface area (Å²) in [7, 11) is 0. The van der Waals surface area contributed by atoms with Crippen molar-refractivity contribution in [3.63, 3.8) is 0 Å². The Bertz CT molecular complexity index is 138. The molecule has 0 aliphatic heterocycles. The number of nitrogens with one attached hydrogen (secondary N) is 1. The number of aliphatic hydroxyl groups excluding tert-OH is 1. The lowest BCUT2D eigenvalue weighted by Crippen LogP contribution is -2.34. The van der Waals surface area contributed by atoms with Gasteiger partial charge >= 0.3 is 0 Å². The van der Waals surface area contributed by atoms with Crippen LogP contribution < -0.4 is 5.32 Å². The van der Waals surface area contributed by atoms with Crippen molar-refractivity contribution in [1.82, 2.24) is 5.32 Å². The van der Waals surface area contributed by atoms with Crippen molar-refractivity contribution in [1.29, 1.82) is 0 Å². The van der Waals surface area contributed by atoms with Gasteiger partial charge < -0.3 is 10.4 Å². The SMILES string of the molecule is C/C(O)=C(\C)NC(C)(C)C. The number of hydrogen-bond donors (Lipinski definition) is 2. The maximum atomic E-state index is 9.00. The first-order valence-corrected chi connectivity index (χ1v) is 3.47. The molecule has 0 aromatic carbocycles. The van der Waals surface area contributed by atoms with Gasteiger partial charge in [-0.05, 0) is 34.6 Å². The molecule has 0 spiro atoms. The summed E-state index contributed by atoms with van der Waals surface area (Å²) in [6.07, 6.45) is 0. The summed E-state index contributed by atoms with van der Waals surface area (Å²) >= 11 is 0. The molecule has 0 rings (SSSR count). The van der Waals surface area contributed by atoms with Gasteiger partial charge in [0.25, 0.3) is 0 Å². The van der Waals surface area contributed by atoms with Crippen LogP contribution in [0.2, 0.25) is 0 Å². The van der Waals surface area contributed by atoms with Crippen LogP contribution in [0.1, 0.15) is 34.6 Å². The molecule has 0 fully saturated rings. The Labute approximate surface area is 62.9 Å². The Hall–Kier alpha value is -0.660. The molecule has 0 amide bonds. The first-order chi connectivity index (χ1) is 4.33. The monoisotopic (exact) mass is 143 g/mol. The van der Waals surface area contributed by atoms with E-state index in [9.17, 15) is 0 Å². The van der Waals surface area contributed by atoms with Crippen LogP contribution in [0.25, 0.3) is 0 Å². The van der Waals surface area contributed by atoms with Crippen molar-refractivity contribution in [3.8, 4) is 0 Å². The van der Waals surface area contributed by atoms with Crippen molar-refractivity contribution in [2.75, 3.05) is 0 Å². The number of aliphatic hydroxyl groups is 1. The standard InChI is InChI=1S/C8H17NO/c1-6(7(2)10)9-8(3,4)5/h9-10H,1-5H3/b7-6-. The third-order valence-corrected chi connectivity index (χ3v) is 1.11. The van der Waals surface area contributed by atoms with Gasteiger partial charge in [0.2, 0.25) is 0 Å². The normalized spacial score (nSPS) is 14.5. The maximum absolute atomic E-state index is 9.00. The smallest absolute Gasteiger partial charge is 0.108 e. The lowest BCUT2D eigenvalue weighted by Gasteiger charge is -2.22. The minimum absolute atomic E-state index is 0.0358. The Morgan fingerprint density at radius 1 is 1.20 bits per heavy atom.